The van der Waals surface area contributed by atoms with E-state index in [0.29, 0.717) is 24.9 Å². The minimum atomic E-state index is -3.46. The zero-order chi connectivity index (χ0) is 12.0. The van der Waals surface area contributed by atoms with E-state index >= 15 is 0 Å². The Morgan fingerprint density at radius 1 is 1.24 bits per heavy atom. The van der Waals surface area contributed by atoms with Crippen molar-refractivity contribution in [3.05, 3.63) is 0 Å². The van der Waals surface area contributed by atoms with Crippen LogP contribution in [0.15, 0.2) is 4.34 Å². The molecule has 94 valence electrons. The number of anilines is 1. The molecule has 0 spiro atoms. The molecule has 2 atom stereocenters. The second-order valence-corrected chi connectivity index (χ2v) is 7.80. The lowest BCUT2D eigenvalue weighted by Crippen LogP contribution is -2.29. The van der Waals surface area contributed by atoms with Crippen molar-refractivity contribution in [3.8, 4) is 0 Å². The van der Waals surface area contributed by atoms with Gasteiger partial charge in [0.25, 0.3) is 10.0 Å². The third kappa shape index (κ3) is 1.84. The number of hydrogen-bond acceptors (Lipinski definition) is 6. The molecule has 2 aliphatic rings. The highest BCUT2D eigenvalue weighted by Gasteiger charge is 2.42. The van der Waals surface area contributed by atoms with E-state index in [1.165, 1.54) is 6.42 Å². The fraction of sp³-hybridized carbons (Fsp3) is 0.778. The van der Waals surface area contributed by atoms with Crippen molar-refractivity contribution >= 4 is 26.5 Å². The van der Waals surface area contributed by atoms with Gasteiger partial charge < -0.3 is 5.73 Å². The summed E-state index contributed by atoms with van der Waals surface area (Å²) in [7, 11) is -3.46. The molecule has 17 heavy (non-hydrogen) atoms. The summed E-state index contributed by atoms with van der Waals surface area (Å²) in [6.45, 7) is 1.26. The van der Waals surface area contributed by atoms with E-state index in [1.807, 2.05) is 0 Å². The van der Waals surface area contributed by atoms with Gasteiger partial charge in [0.05, 0.1) is 0 Å². The number of fused-ring (bicyclic) bond motifs is 1. The van der Waals surface area contributed by atoms with E-state index in [1.54, 1.807) is 4.31 Å². The molecule has 0 amide bonds. The SMILES string of the molecule is Nc1nnc(S(=O)(=O)N2CC3CCCC3C2)s1. The normalized spacial score (nSPS) is 29.6. The van der Waals surface area contributed by atoms with Gasteiger partial charge in [0, 0.05) is 13.1 Å². The Balaban J connectivity index is 1.85. The quantitative estimate of drug-likeness (QED) is 0.850. The molecule has 1 aliphatic carbocycles. The van der Waals surface area contributed by atoms with Crippen LogP contribution in [0.3, 0.4) is 0 Å². The van der Waals surface area contributed by atoms with Gasteiger partial charge in [-0.15, -0.1) is 10.2 Å². The van der Waals surface area contributed by atoms with Crippen LogP contribution in [0.5, 0.6) is 0 Å². The van der Waals surface area contributed by atoms with Crippen molar-refractivity contribution in [1.82, 2.24) is 14.5 Å². The highest BCUT2D eigenvalue weighted by molar-refractivity contribution is 7.91. The smallest absolute Gasteiger partial charge is 0.272 e. The van der Waals surface area contributed by atoms with Crippen LogP contribution in [0.2, 0.25) is 0 Å². The molecule has 0 aromatic carbocycles. The number of nitrogens with zero attached hydrogens (tertiary/aromatic N) is 3. The summed E-state index contributed by atoms with van der Waals surface area (Å²) in [6, 6.07) is 0. The van der Waals surface area contributed by atoms with Crippen molar-refractivity contribution in [2.24, 2.45) is 11.8 Å². The summed E-state index contributed by atoms with van der Waals surface area (Å²) < 4.78 is 26.1. The third-order valence-corrected chi connectivity index (χ3v) is 6.61. The lowest BCUT2D eigenvalue weighted by Gasteiger charge is -2.14. The maximum absolute atomic E-state index is 12.3. The molecule has 2 fully saturated rings. The van der Waals surface area contributed by atoms with Gasteiger partial charge in [0.1, 0.15) is 0 Å². The summed E-state index contributed by atoms with van der Waals surface area (Å²) in [6.07, 6.45) is 3.53. The van der Waals surface area contributed by atoms with Crippen molar-refractivity contribution in [3.63, 3.8) is 0 Å². The maximum Gasteiger partial charge on any atom is 0.272 e. The van der Waals surface area contributed by atoms with Crippen LogP contribution < -0.4 is 5.73 Å². The Kier molecular flexibility index (Phi) is 2.60. The summed E-state index contributed by atoms with van der Waals surface area (Å²) in [5.41, 5.74) is 5.43. The second-order valence-electron chi connectivity index (χ2n) is 4.68. The molecule has 1 aromatic rings. The zero-order valence-corrected chi connectivity index (χ0v) is 10.9. The van der Waals surface area contributed by atoms with E-state index < -0.39 is 10.0 Å². The van der Waals surface area contributed by atoms with E-state index in [2.05, 4.69) is 10.2 Å². The molecule has 1 aromatic heterocycles. The molecular weight excluding hydrogens is 260 g/mol. The van der Waals surface area contributed by atoms with E-state index in [4.69, 9.17) is 5.73 Å². The molecule has 0 radical (unpaired) electrons. The van der Waals surface area contributed by atoms with Gasteiger partial charge in [-0.3, -0.25) is 0 Å². The minimum absolute atomic E-state index is 0.0231. The van der Waals surface area contributed by atoms with Gasteiger partial charge in [-0.25, -0.2) is 8.42 Å². The maximum atomic E-state index is 12.3. The average molecular weight is 274 g/mol. The Morgan fingerprint density at radius 2 is 1.88 bits per heavy atom. The summed E-state index contributed by atoms with van der Waals surface area (Å²) in [5.74, 6) is 1.07. The van der Waals surface area contributed by atoms with Crippen LogP contribution in [-0.4, -0.2) is 36.0 Å². The van der Waals surface area contributed by atoms with Crippen LogP contribution in [0.4, 0.5) is 5.13 Å². The summed E-state index contributed by atoms with van der Waals surface area (Å²) in [5, 5.41) is 7.40. The first-order valence-corrected chi connectivity index (χ1v) is 7.92. The van der Waals surface area contributed by atoms with Crippen molar-refractivity contribution in [1.29, 1.82) is 0 Å². The first-order chi connectivity index (χ1) is 8.07. The van der Waals surface area contributed by atoms with E-state index in [0.717, 1.165) is 24.2 Å². The summed E-state index contributed by atoms with van der Waals surface area (Å²) >= 11 is 0.936. The molecule has 1 saturated heterocycles. The monoisotopic (exact) mass is 274 g/mol. The Hall–Kier alpha value is -0.730. The molecule has 3 rings (SSSR count). The number of sulfonamides is 1. The van der Waals surface area contributed by atoms with E-state index in [-0.39, 0.29) is 9.47 Å². The lowest BCUT2D eigenvalue weighted by molar-refractivity contribution is 0.444. The van der Waals surface area contributed by atoms with Gasteiger partial charge in [-0.05, 0) is 24.7 Å². The van der Waals surface area contributed by atoms with Crippen LogP contribution in [0, 0.1) is 11.8 Å². The predicted molar refractivity (Wildman–Crippen MR) is 63.9 cm³/mol. The van der Waals surface area contributed by atoms with Crippen LogP contribution in [-0.2, 0) is 10.0 Å². The highest BCUT2D eigenvalue weighted by Crippen LogP contribution is 2.40. The highest BCUT2D eigenvalue weighted by atomic mass is 32.2. The van der Waals surface area contributed by atoms with Gasteiger partial charge in [-0.1, -0.05) is 17.8 Å². The van der Waals surface area contributed by atoms with Gasteiger partial charge in [0.2, 0.25) is 9.47 Å². The number of rotatable bonds is 2. The molecule has 8 heteroatoms. The molecule has 1 saturated carbocycles. The lowest BCUT2D eigenvalue weighted by atomic mass is 10.0. The van der Waals surface area contributed by atoms with Crippen LogP contribution >= 0.6 is 11.3 Å². The molecule has 1 aliphatic heterocycles. The largest absolute Gasteiger partial charge is 0.374 e. The van der Waals surface area contributed by atoms with Crippen LogP contribution in [0.1, 0.15) is 19.3 Å². The van der Waals surface area contributed by atoms with Crippen LogP contribution in [0.25, 0.3) is 0 Å². The Bertz CT molecular complexity index is 515. The average Bonchev–Trinajstić information content (AvgIpc) is 2.89. The van der Waals surface area contributed by atoms with Gasteiger partial charge in [-0.2, -0.15) is 4.31 Å². The second kappa shape index (κ2) is 3.89. The number of hydrogen-bond donors (Lipinski definition) is 1. The first kappa shape index (κ1) is 11.4. The van der Waals surface area contributed by atoms with Crippen molar-refractivity contribution in [2.75, 3.05) is 18.8 Å². The number of aromatic nitrogens is 2. The molecule has 2 unspecified atom stereocenters. The topological polar surface area (TPSA) is 89.2 Å². The molecular formula is C9H14N4O2S2. The predicted octanol–water partition coefficient (Wildman–Crippen LogP) is 0.541. The van der Waals surface area contributed by atoms with Crippen molar-refractivity contribution in [2.45, 2.75) is 23.6 Å². The Morgan fingerprint density at radius 3 is 2.41 bits per heavy atom. The Labute approximate surface area is 104 Å². The molecule has 2 N–H and O–H groups in total. The number of nitrogen functional groups attached to an aromatic ring is 1. The zero-order valence-electron chi connectivity index (χ0n) is 9.24. The first-order valence-electron chi connectivity index (χ1n) is 5.66. The molecule has 6 nitrogen and oxygen atoms in total. The van der Waals surface area contributed by atoms with Gasteiger partial charge in [0.15, 0.2) is 0 Å². The number of nitrogens with two attached hydrogens (primary N) is 1. The fourth-order valence-corrected chi connectivity index (χ4v) is 5.30. The third-order valence-electron chi connectivity index (χ3n) is 3.68. The molecule has 0 bridgehead atoms. The van der Waals surface area contributed by atoms with Crippen molar-refractivity contribution < 1.29 is 8.42 Å². The van der Waals surface area contributed by atoms with Gasteiger partial charge >= 0.3 is 0 Å². The summed E-state index contributed by atoms with van der Waals surface area (Å²) in [4.78, 5) is 0. The standard InChI is InChI=1S/C9H14N4O2S2/c10-8-11-12-9(16-8)17(14,15)13-4-6-2-1-3-7(6)5-13/h6-7H,1-5H2,(H2,10,11). The minimum Gasteiger partial charge on any atom is -0.374 e. The fourth-order valence-electron chi connectivity index (χ4n) is 2.82. The van der Waals surface area contributed by atoms with E-state index in [9.17, 15) is 8.42 Å². The molecule has 2 heterocycles.